The zero-order valence-electron chi connectivity index (χ0n) is 66.2. The number of likely N-dealkylation sites (tertiary alicyclic amines) is 2. The SMILES string of the molecule is CC(C)(C)OC(=O)N1CC(C(CCNc2cccc(S(=O)(=O)NC(=O)c3ccc(-n4ccc(OCCC5(C(F)(F)F)CC5)n4)nc3Cl)n2)c2ccccc2)CC1(C)C.CC(C)(C)OC(=O)N1CC(C(CCNc2cccc(S(N)(=O)=O)n2)c2ccccc2)CC1(C)C.O=C(O)c1ccc(-n2ccc(OCCC3(C(F)(F)F)CC3)n2)nc1Cl. The number of aromatic carboxylic acids is 1. The molecule has 8 aromatic rings. The van der Waals surface area contributed by atoms with Crippen molar-refractivity contribution in [2.24, 2.45) is 27.8 Å². The summed E-state index contributed by atoms with van der Waals surface area (Å²) >= 11 is 12.1. The highest BCUT2D eigenvalue weighted by Crippen LogP contribution is 2.61. The second-order valence-corrected chi connectivity index (χ2v) is 36.5. The normalized spacial score (nSPS) is 17.8. The molecule has 0 bridgehead atoms. The number of carbonyl (C=O) groups is 4. The van der Waals surface area contributed by atoms with Gasteiger partial charge in [0, 0.05) is 61.8 Å². The van der Waals surface area contributed by atoms with Crippen LogP contribution in [-0.4, -0.2) is 169 Å². The third kappa shape index (κ3) is 23.5. The summed E-state index contributed by atoms with van der Waals surface area (Å²) in [6, 6.07) is 37.7. The molecule has 6 aromatic heterocycles. The average Bonchev–Trinajstić information content (AvgIpc) is 1.62. The summed E-state index contributed by atoms with van der Waals surface area (Å²) in [4.78, 5) is 70.2. The second-order valence-electron chi connectivity index (χ2n) is 32.7. The van der Waals surface area contributed by atoms with E-state index in [1.54, 1.807) is 23.1 Å². The molecule has 37 heteroatoms. The lowest BCUT2D eigenvalue weighted by Crippen LogP contribution is -2.45. The Morgan fingerprint density at radius 3 is 1.31 bits per heavy atom. The van der Waals surface area contributed by atoms with Gasteiger partial charge in [0.05, 0.1) is 35.2 Å². The maximum Gasteiger partial charge on any atom is 0.410 e. The van der Waals surface area contributed by atoms with Gasteiger partial charge < -0.3 is 44.5 Å². The minimum atomic E-state index is -4.46. The number of pyridine rings is 4. The maximum absolute atomic E-state index is 13.3. The maximum atomic E-state index is 13.3. The van der Waals surface area contributed by atoms with E-state index in [4.69, 9.17) is 52.4 Å². The predicted octanol–water partition coefficient (Wildman–Crippen LogP) is 16.2. The van der Waals surface area contributed by atoms with Crippen molar-refractivity contribution in [1.29, 1.82) is 0 Å². The van der Waals surface area contributed by atoms with Gasteiger partial charge in [0.1, 0.15) is 33.1 Å². The molecule has 4 unspecified atom stereocenters. The van der Waals surface area contributed by atoms with Crippen LogP contribution in [-0.2, 0) is 29.5 Å². The number of ether oxygens (including phenoxy) is 4. The Morgan fingerprint density at radius 1 is 0.547 bits per heavy atom. The number of sulfonamides is 2. The lowest BCUT2D eigenvalue weighted by molar-refractivity contribution is -0.190. The number of aromatic nitrogens is 8. The number of hydrogen-bond acceptors (Lipinski definition) is 20. The van der Waals surface area contributed by atoms with Gasteiger partial charge in [0.2, 0.25) is 11.8 Å². The summed E-state index contributed by atoms with van der Waals surface area (Å²) in [7, 11) is -8.32. The van der Waals surface area contributed by atoms with E-state index in [0.717, 1.165) is 24.8 Å². The minimum absolute atomic E-state index is 0.0616. The number of nitrogens with zero attached hydrogens (tertiary/aromatic N) is 10. The first-order valence-corrected chi connectivity index (χ1v) is 41.6. The van der Waals surface area contributed by atoms with Crippen LogP contribution in [0.5, 0.6) is 11.8 Å². The van der Waals surface area contributed by atoms with Crippen molar-refractivity contribution in [3.8, 4) is 23.4 Å². The van der Waals surface area contributed by atoms with Crippen LogP contribution in [0.3, 0.4) is 0 Å². The number of carbonyl (C=O) groups excluding carboxylic acids is 3. The molecule has 2 saturated carbocycles. The molecule has 632 valence electrons. The van der Waals surface area contributed by atoms with Gasteiger partial charge in [-0.15, -0.1) is 10.2 Å². The lowest BCUT2D eigenvalue weighted by Gasteiger charge is -2.33. The fraction of sp³-hybridized carbons (Fsp3) is 0.475. The van der Waals surface area contributed by atoms with Crippen molar-refractivity contribution in [3.63, 3.8) is 0 Å². The van der Waals surface area contributed by atoms with Crippen molar-refractivity contribution in [2.75, 3.05) is 50.0 Å². The zero-order valence-corrected chi connectivity index (χ0v) is 69.4. The molecule has 8 heterocycles. The van der Waals surface area contributed by atoms with Crippen LogP contribution in [0.4, 0.5) is 47.6 Å². The van der Waals surface area contributed by atoms with Gasteiger partial charge in [-0.1, -0.05) is 96.0 Å². The first-order chi connectivity index (χ1) is 54.6. The molecule has 12 rings (SSSR count). The molecule has 2 aliphatic heterocycles. The van der Waals surface area contributed by atoms with E-state index in [1.165, 1.54) is 81.9 Å². The number of nitrogens with two attached hydrogens (primary N) is 1. The lowest BCUT2D eigenvalue weighted by atomic mass is 9.80. The molecule has 2 saturated heterocycles. The van der Waals surface area contributed by atoms with E-state index in [-0.39, 0.29) is 149 Å². The van der Waals surface area contributed by atoms with Gasteiger partial charge in [-0.05, 0) is 217 Å². The molecule has 3 amide bonds. The number of alkyl halides is 6. The Kier molecular flexibility index (Phi) is 27.4. The number of anilines is 2. The van der Waals surface area contributed by atoms with Crippen molar-refractivity contribution in [2.45, 2.75) is 190 Å². The van der Waals surface area contributed by atoms with Crippen molar-refractivity contribution in [1.82, 2.24) is 54.0 Å². The third-order valence-electron chi connectivity index (χ3n) is 20.7. The first kappa shape index (κ1) is 89.5. The number of rotatable bonds is 27. The van der Waals surface area contributed by atoms with Crippen LogP contribution < -0.4 is 30.0 Å². The molecule has 6 N–H and O–H groups in total. The Bertz CT molecular complexity index is 5060. The number of hydrogen-bond donors (Lipinski definition) is 5. The summed E-state index contributed by atoms with van der Waals surface area (Å²) in [5.74, 6) is -0.231. The summed E-state index contributed by atoms with van der Waals surface area (Å²) in [5, 5.41) is 27.7. The standard InChI is InChI=1S/C40H47ClF3N7O6S.C25H36N4O4S.C15H13ClF3N3O3/c1-37(2,3)57-36(53)50-25-27(24-38(50,4)5)28(26-10-7-6-8-11-26)16-21-45-30-12-9-13-33(46-30)58(54,55)49-35(52)29-14-15-31(47-34(29)41)51-22-17-32(48-51)56-23-20-39(18-19-39)40(42,43)44;1-24(2,3)33-23(30)29-17-19(16-25(29,4)5)20(18-10-7-6-8-11-18)14-15-27-21-12-9-13-22(28-21)34(26,31)32;16-12-9(13(23)24)1-2-10(20-12)22-7-3-11(21-22)25-8-6-14(4-5-14)15(17,18)19/h6-15,17,22,27-28H,16,18-21,23-25H2,1-5H3,(H,45,46)(H,49,52);6-13,19-20H,14-17H2,1-5H3,(H,27,28)(H2,26,31,32);1-3,7H,4-6,8H2,(H,23,24). The van der Waals surface area contributed by atoms with Crippen molar-refractivity contribution < 1.29 is 86.4 Å². The van der Waals surface area contributed by atoms with E-state index in [2.05, 4.69) is 78.9 Å². The molecule has 0 radical (unpaired) electrons. The summed E-state index contributed by atoms with van der Waals surface area (Å²) in [6.07, 6.45) is -2.98. The molecule has 2 aromatic carbocycles. The topological polar surface area (TPSA) is 350 Å². The number of halogens is 8. The molecular formula is C80H96Cl2F6N14O13S2. The van der Waals surface area contributed by atoms with Crippen LogP contribution in [0.25, 0.3) is 11.6 Å². The fourth-order valence-electron chi connectivity index (χ4n) is 14.2. The molecule has 117 heavy (non-hydrogen) atoms. The number of amides is 3. The van der Waals surface area contributed by atoms with E-state index in [1.807, 2.05) is 101 Å². The van der Waals surface area contributed by atoms with Crippen molar-refractivity contribution >= 4 is 78.9 Å². The third-order valence-corrected chi connectivity index (χ3v) is 23.3. The average molecular weight is 1710 g/mol. The van der Waals surface area contributed by atoms with E-state index < -0.39 is 76.9 Å². The van der Waals surface area contributed by atoms with Crippen molar-refractivity contribution in [3.05, 3.63) is 178 Å². The van der Waals surface area contributed by atoms with E-state index in [0.29, 0.717) is 38.4 Å². The Labute approximate surface area is 685 Å². The largest absolute Gasteiger partial charge is 0.478 e. The predicted molar refractivity (Wildman–Crippen MR) is 425 cm³/mol. The molecule has 4 fully saturated rings. The van der Waals surface area contributed by atoms with Crippen LogP contribution >= 0.6 is 23.2 Å². The Balaban J connectivity index is 0.000000206. The highest BCUT2D eigenvalue weighted by Gasteiger charge is 2.63. The fourth-order valence-corrected chi connectivity index (χ4v) is 16.1. The minimum Gasteiger partial charge on any atom is -0.478 e. The van der Waals surface area contributed by atoms with E-state index >= 15 is 0 Å². The molecule has 4 aliphatic rings. The van der Waals surface area contributed by atoms with Gasteiger partial charge >= 0.3 is 30.5 Å². The first-order valence-electron chi connectivity index (χ1n) is 37.8. The summed E-state index contributed by atoms with van der Waals surface area (Å²) in [5.41, 5.74) is -3.27. The van der Waals surface area contributed by atoms with Crippen LogP contribution in [0.2, 0.25) is 10.3 Å². The number of nitrogens with one attached hydrogen (secondary N) is 3. The second kappa shape index (κ2) is 35.8. The highest BCUT2D eigenvalue weighted by atomic mass is 35.5. The number of benzene rings is 2. The summed E-state index contributed by atoms with van der Waals surface area (Å²) in [6.45, 7) is 21.3. The molecule has 0 spiro atoms. The van der Waals surface area contributed by atoms with Gasteiger partial charge in [-0.2, -0.15) is 34.8 Å². The van der Waals surface area contributed by atoms with Crippen LogP contribution in [0, 0.1) is 22.7 Å². The molecular weight excluding hydrogens is 1610 g/mol. The van der Waals surface area contributed by atoms with Gasteiger partial charge in [-0.25, -0.2) is 62.0 Å². The van der Waals surface area contributed by atoms with Crippen LogP contribution in [0.15, 0.2) is 156 Å². The number of carboxylic acid groups (broad SMARTS) is 1. The smallest absolute Gasteiger partial charge is 0.410 e. The molecule has 4 atom stereocenters. The zero-order chi connectivity index (χ0) is 85.5. The highest BCUT2D eigenvalue weighted by molar-refractivity contribution is 7.90. The summed E-state index contributed by atoms with van der Waals surface area (Å²) < 4.78 is 155. The van der Waals surface area contributed by atoms with Gasteiger partial charge in [0.15, 0.2) is 21.7 Å². The number of carboxylic acids is 1. The van der Waals surface area contributed by atoms with E-state index in [9.17, 15) is 62.4 Å². The molecule has 2 aliphatic carbocycles. The Hall–Kier alpha value is -9.84. The number of primary sulfonamides is 1. The quantitative estimate of drug-likeness (QED) is 0.0236. The van der Waals surface area contributed by atoms with Gasteiger partial charge in [0.25, 0.3) is 26.0 Å². The Morgan fingerprint density at radius 2 is 0.940 bits per heavy atom. The van der Waals surface area contributed by atoms with Gasteiger partial charge in [-0.3, -0.25) is 4.79 Å². The monoisotopic (exact) mass is 1710 g/mol. The molecule has 27 nitrogen and oxygen atoms in total. The van der Waals surface area contributed by atoms with Crippen LogP contribution in [0.1, 0.15) is 177 Å².